The molecule has 0 amide bonds. The van der Waals surface area contributed by atoms with E-state index in [0.29, 0.717) is 6.54 Å². The van der Waals surface area contributed by atoms with Gasteiger partial charge in [-0.15, -0.1) is 0 Å². The van der Waals surface area contributed by atoms with Crippen LogP contribution in [0.2, 0.25) is 0 Å². The van der Waals surface area contributed by atoms with E-state index in [1.54, 1.807) is 6.07 Å². The van der Waals surface area contributed by atoms with Crippen molar-refractivity contribution in [2.24, 2.45) is 0 Å². The molecule has 0 aromatic carbocycles. The highest BCUT2D eigenvalue weighted by Gasteiger charge is 2.48. The Morgan fingerprint density at radius 3 is 2.78 bits per heavy atom. The van der Waals surface area contributed by atoms with Gasteiger partial charge < -0.3 is 9.52 Å². The Hall–Kier alpha value is -2.89. The summed E-state index contributed by atoms with van der Waals surface area (Å²) in [5.74, 6) is -0.277. The van der Waals surface area contributed by atoms with E-state index >= 15 is 0 Å². The molecule has 27 heavy (non-hydrogen) atoms. The van der Waals surface area contributed by atoms with E-state index < -0.39 is 5.97 Å². The summed E-state index contributed by atoms with van der Waals surface area (Å²) in [6.45, 7) is 4.74. The minimum Gasteiger partial charge on any atom is -0.475 e. The summed E-state index contributed by atoms with van der Waals surface area (Å²) in [6, 6.07) is 5.71. The summed E-state index contributed by atoms with van der Waals surface area (Å²) in [4.78, 5) is 15.9. The van der Waals surface area contributed by atoms with Crippen LogP contribution in [0.3, 0.4) is 0 Å². The number of pyridine rings is 1. The highest BCUT2D eigenvalue weighted by atomic mass is 16.4. The van der Waals surface area contributed by atoms with Crippen molar-refractivity contribution in [1.82, 2.24) is 14.8 Å². The SMILES string of the molecule is Cc1ccc(Cn2nc3c(c2C)C2(CCC2)Cc2oc(C(=O)O)cc2-3)nc1. The van der Waals surface area contributed by atoms with E-state index in [-0.39, 0.29) is 11.2 Å². The summed E-state index contributed by atoms with van der Waals surface area (Å²) in [5, 5.41) is 14.2. The zero-order valence-corrected chi connectivity index (χ0v) is 15.5. The first-order valence-electron chi connectivity index (χ1n) is 9.33. The van der Waals surface area contributed by atoms with Crippen LogP contribution in [0.15, 0.2) is 28.8 Å². The van der Waals surface area contributed by atoms with E-state index in [0.717, 1.165) is 53.2 Å². The summed E-state index contributed by atoms with van der Waals surface area (Å²) in [7, 11) is 0. The normalized spacial score (nSPS) is 16.7. The third-order valence-corrected chi connectivity index (χ3v) is 6.11. The molecule has 3 aromatic rings. The van der Waals surface area contributed by atoms with Crippen molar-refractivity contribution in [1.29, 1.82) is 0 Å². The number of hydrogen-bond donors (Lipinski definition) is 1. The predicted octanol–water partition coefficient (Wildman–Crippen LogP) is 3.88. The number of hydrogen-bond acceptors (Lipinski definition) is 4. The first-order valence-corrected chi connectivity index (χ1v) is 9.33. The number of aromatic carboxylic acids is 1. The maximum absolute atomic E-state index is 11.4. The van der Waals surface area contributed by atoms with Gasteiger partial charge in [0.1, 0.15) is 5.76 Å². The lowest BCUT2D eigenvalue weighted by molar-refractivity contribution is 0.0658. The topological polar surface area (TPSA) is 81.2 Å². The summed E-state index contributed by atoms with van der Waals surface area (Å²) < 4.78 is 7.68. The molecule has 0 aliphatic heterocycles. The van der Waals surface area contributed by atoms with Gasteiger partial charge in [0.05, 0.1) is 17.9 Å². The van der Waals surface area contributed by atoms with Gasteiger partial charge in [-0.2, -0.15) is 5.10 Å². The predicted molar refractivity (Wildman–Crippen MR) is 98.9 cm³/mol. The molecule has 0 atom stereocenters. The standard InChI is InChI=1S/C21H21N3O3/c1-12-4-5-14(22-10-12)11-24-13(2)18-19(23-24)15-8-16(20(25)26)27-17(15)9-21(18)6-3-7-21/h4-5,8,10H,3,6-7,9,11H2,1-2H3,(H,25,26). The second-order valence-corrected chi connectivity index (χ2v) is 7.86. The second kappa shape index (κ2) is 5.55. The molecule has 2 aliphatic carbocycles. The Labute approximate surface area is 156 Å². The van der Waals surface area contributed by atoms with Gasteiger partial charge >= 0.3 is 5.97 Å². The fraction of sp³-hybridized carbons (Fsp3) is 0.381. The van der Waals surface area contributed by atoms with E-state index in [1.807, 2.05) is 23.9 Å². The van der Waals surface area contributed by atoms with Gasteiger partial charge in [0.15, 0.2) is 0 Å². The molecular formula is C21H21N3O3. The zero-order chi connectivity index (χ0) is 18.8. The molecule has 0 saturated heterocycles. The molecule has 6 nitrogen and oxygen atoms in total. The molecule has 3 aromatic heterocycles. The zero-order valence-electron chi connectivity index (χ0n) is 15.5. The van der Waals surface area contributed by atoms with Gasteiger partial charge in [-0.3, -0.25) is 9.67 Å². The number of carboxylic acid groups (broad SMARTS) is 1. The number of furan rings is 1. The fourth-order valence-corrected chi connectivity index (χ4v) is 4.56. The fourth-order valence-electron chi connectivity index (χ4n) is 4.56. The Bertz CT molecular complexity index is 1060. The van der Waals surface area contributed by atoms with E-state index in [4.69, 9.17) is 9.52 Å². The number of nitrogens with zero attached hydrogens (tertiary/aromatic N) is 3. The van der Waals surface area contributed by atoms with Crippen molar-refractivity contribution in [2.75, 3.05) is 0 Å². The minimum atomic E-state index is -1.03. The Morgan fingerprint density at radius 2 is 2.15 bits per heavy atom. The second-order valence-electron chi connectivity index (χ2n) is 7.86. The van der Waals surface area contributed by atoms with Crippen LogP contribution < -0.4 is 0 Å². The first-order chi connectivity index (χ1) is 13.0. The van der Waals surface area contributed by atoms with Gasteiger partial charge in [0.2, 0.25) is 5.76 Å². The summed E-state index contributed by atoms with van der Waals surface area (Å²) >= 11 is 0. The molecule has 0 bridgehead atoms. The smallest absolute Gasteiger partial charge is 0.371 e. The van der Waals surface area contributed by atoms with E-state index in [2.05, 4.69) is 18.0 Å². The van der Waals surface area contributed by atoms with Gasteiger partial charge in [-0.1, -0.05) is 12.5 Å². The van der Waals surface area contributed by atoms with Crippen molar-refractivity contribution in [2.45, 2.75) is 51.5 Å². The maximum Gasteiger partial charge on any atom is 0.371 e. The number of aryl methyl sites for hydroxylation is 1. The van der Waals surface area contributed by atoms with Crippen LogP contribution in [0.25, 0.3) is 11.3 Å². The summed E-state index contributed by atoms with van der Waals surface area (Å²) in [6.07, 6.45) is 6.01. The molecule has 2 aliphatic rings. The monoisotopic (exact) mass is 363 g/mol. The van der Waals surface area contributed by atoms with Crippen LogP contribution in [0, 0.1) is 13.8 Å². The number of carboxylic acids is 1. The minimum absolute atomic E-state index is 0.00488. The van der Waals surface area contributed by atoms with Crippen LogP contribution in [0.5, 0.6) is 0 Å². The van der Waals surface area contributed by atoms with Crippen LogP contribution in [-0.2, 0) is 18.4 Å². The van der Waals surface area contributed by atoms with Gasteiger partial charge in [0.25, 0.3) is 0 Å². The molecule has 6 heteroatoms. The molecule has 0 radical (unpaired) electrons. The van der Waals surface area contributed by atoms with Crippen molar-refractivity contribution in [3.8, 4) is 11.3 Å². The van der Waals surface area contributed by atoms with Crippen molar-refractivity contribution in [3.63, 3.8) is 0 Å². The number of aromatic nitrogens is 3. The van der Waals surface area contributed by atoms with Gasteiger partial charge in [0, 0.05) is 40.9 Å². The molecule has 1 saturated carbocycles. The quantitative estimate of drug-likeness (QED) is 0.764. The maximum atomic E-state index is 11.4. The van der Waals surface area contributed by atoms with Gasteiger partial charge in [-0.25, -0.2) is 4.79 Å². The summed E-state index contributed by atoms with van der Waals surface area (Å²) in [5.41, 5.74) is 6.27. The lowest BCUT2D eigenvalue weighted by atomic mass is 9.59. The third-order valence-electron chi connectivity index (χ3n) is 6.11. The van der Waals surface area contributed by atoms with Crippen LogP contribution in [-0.4, -0.2) is 25.8 Å². The third kappa shape index (κ3) is 2.36. The average molecular weight is 363 g/mol. The Balaban J connectivity index is 1.63. The molecule has 1 fully saturated rings. The molecule has 0 unspecified atom stereocenters. The Morgan fingerprint density at radius 1 is 1.33 bits per heavy atom. The van der Waals surface area contributed by atoms with Crippen LogP contribution in [0.4, 0.5) is 0 Å². The number of carbonyl (C=O) groups is 1. The lowest BCUT2D eigenvalue weighted by Gasteiger charge is -2.44. The lowest BCUT2D eigenvalue weighted by Crippen LogP contribution is -2.39. The Kier molecular flexibility index (Phi) is 3.35. The van der Waals surface area contributed by atoms with E-state index in [1.165, 1.54) is 12.0 Å². The molecular weight excluding hydrogens is 342 g/mol. The molecule has 1 spiro atoms. The van der Waals surface area contributed by atoms with Gasteiger partial charge in [-0.05, 0) is 38.3 Å². The number of fused-ring (bicyclic) bond motifs is 4. The van der Waals surface area contributed by atoms with E-state index in [9.17, 15) is 9.90 Å². The van der Waals surface area contributed by atoms with Crippen molar-refractivity contribution < 1.29 is 14.3 Å². The highest BCUT2D eigenvalue weighted by Crippen LogP contribution is 2.54. The van der Waals surface area contributed by atoms with Crippen molar-refractivity contribution >= 4 is 5.97 Å². The van der Waals surface area contributed by atoms with Crippen LogP contribution in [0.1, 0.15) is 58.1 Å². The highest BCUT2D eigenvalue weighted by molar-refractivity contribution is 5.87. The first kappa shape index (κ1) is 16.3. The van der Waals surface area contributed by atoms with Crippen LogP contribution >= 0.6 is 0 Å². The molecule has 1 N–H and O–H groups in total. The van der Waals surface area contributed by atoms with Crippen molar-refractivity contribution in [3.05, 3.63) is 58.4 Å². The largest absolute Gasteiger partial charge is 0.475 e. The average Bonchev–Trinajstić information content (AvgIpc) is 3.17. The molecule has 5 rings (SSSR count). The molecule has 138 valence electrons. The number of rotatable bonds is 3. The molecule has 3 heterocycles.